The Labute approximate surface area is 95.2 Å². The molecule has 0 aliphatic heterocycles. The molecule has 3 N–H and O–H groups in total. The number of hydrogen-bond acceptors (Lipinski definition) is 4. The zero-order valence-corrected chi connectivity index (χ0v) is 10.7. The summed E-state index contributed by atoms with van der Waals surface area (Å²) < 4.78 is 25.3. The molecule has 0 aromatic heterocycles. The van der Waals surface area contributed by atoms with Gasteiger partial charge >= 0.3 is 94.9 Å². The summed E-state index contributed by atoms with van der Waals surface area (Å²) in [5.74, 6) is -0.643. The van der Waals surface area contributed by atoms with Crippen molar-refractivity contribution in [3.63, 3.8) is 0 Å². The van der Waals surface area contributed by atoms with Gasteiger partial charge in [0.2, 0.25) is 0 Å². The van der Waals surface area contributed by atoms with Crippen molar-refractivity contribution in [2.24, 2.45) is 0 Å². The maximum absolute atomic E-state index is 11.6. The fourth-order valence-electron chi connectivity index (χ4n) is 1.13. The fourth-order valence-corrected chi connectivity index (χ4v) is 2.94. The molecule has 88 valence electrons. The normalized spacial score (nSPS) is 14.2. The van der Waals surface area contributed by atoms with Gasteiger partial charge in [0.25, 0.3) is 0 Å². The Bertz CT molecular complexity index is 459. The van der Waals surface area contributed by atoms with E-state index in [1.807, 2.05) is 0 Å². The summed E-state index contributed by atoms with van der Waals surface area (Å²) >= 11 is -4.68. The molecule has 6 nitrogen and oxygen atoms in total. The van der Waals surface area contributed by atoms with E-state index in [0.717, 1.165) is 7.11 Å². The minimum atomic E-state index is -4.68. The van der Waals surface area contributed by atoms with E-state index in [9.17, 15) is 17.7 Å². The van der Waals surface area contributed by atoms with Crippen LogP contribution in [0.2, 0.25) is 0 Å². The molecule has 1 aromatic carbocycles. The van der Waals surface area contributed by atoms with E-state index in [1.165, 1.54) is 25.1 Å². The number of nitrogens with one attached hydrogen (secondary N) is 1. The first-order valence-electron chi connectivity index (χ1n) is 4.36. The fraction of sp³-hybridized carbons (Fsp3) is 0.222. The van der Waals surface area contributed by atoms with Crippen molar-refractivity contribution >= 4 is 30.1 Å². The molecule has 1 amide bonds. The first-order chi connectivity index (χ1) is 7.36. The van der Waals surface area contributed by atoms with Crippen molar-refractivity contribution in [1.29, 1.82) is 0 Å². The number of benzene rings is 1. The van der Waals surface area contributed by atoms with Crippen LogP contribution in [0, 0.1) is 0 Å². The molecule has 0 aliphatic rings. The summed E-state index contributed by atoms with van der Waals surface area (Å²) in [5.41, 5.74) is 0.327. The molecule has 0 spiro atoms. The number of carbonyl (C=O) groups excluding carboxylic acids is 1. The van der Waals surface area contributed by atoms with Crippen LogP contribution in [0.25, 0.3) is 0 Å². The molecule has 7 heteroatoms. The molecule has 0 radical (unpaired) electrons. The molecule has 0 heterocycles. The Morgan fingerprint density at radius 2 is 2.12 bits per heavy atom. The Kier molecular flexibility index (Phi) is 3.80. The van der Waals surface area contributed by atoms with Crippen LogP contribution in [0.4, 0.5) is 5.69 Å². The first-order valence-corrected chi connectivity index (χ1v) is 7.67. The Morgan fingerprint density at radius 1 is 1.50 bits per heavy atom. The van der Waals surface area contributed by atoms with Gasteiger partial charge in [0.05, 0.1) is 0 Å². The van der Waals surface area contributed by atoms with Gasteiger partial charge in [-0.25, -0.2) is 0 Å². The number of phenolic OH excluding ortho intramolecular Hbond substituents is 1. The molecular formula is C9H12AsNO5. The number of hydrogen-bond donors (Lipinski definition) is 3. The average Bonchev–Trinajstić information content (AvgIpc) is 2.20. The third-order valence-electron chi connectivity index (χ3n) is 1.85. The van der Waals surface area contributed by atoms with Crippen LogP contribution >= 0.6 is 0 Å². The summed E-state index contributed by atoms with van der Waals surface area (Å²) in [4.78, 5) is 10.8. The van der Waals surface area contributed by atoms with Gasteiger partial charge < -0.3 is 0 Å². The summed E-state index contributed by atoms with van der Waals surface area (Å²) in [7, 11) is 1.09. The van der Waals surface area contributed by atoms with Crippen molar-refractivity contribution in [2.75, 3.05) is 12.4 Å². The van der Waals surface area contributed by atoms with Crippen molar-refractivity contribution < 1.29 is 21.5 Å². The SMILES string of the molecule is CO[As](=O)(O)c1cc(NC(C)=O)ccc1O. The second-order valence-corrected chi connectivity index (χ2v) is 7.05. The third-order valence-corrected chi connectivity index (χ3v) is 4.92. The van der Waals surface area contributed by atoms with Gasteiger partial charge in [-0.1, -0.05) is 0 Å². The van der Waals surface area contributed by atoms with Gasteiger partial charge in [-0.15, -0.1) is 0 Å². The van der Waals surface area contributed by atoms with Crippen LogP contribution in [0.5, 0.6) is 5.75 Å². The van der Waals surface area contributed by atoms with E-state index in [0.29, 0.717) is 5.69 Å². The van der Waals surface area contributed by atoms with Crippen LogP contribution in [-0.4, -0.2) is 36.4 Å². The molecule has 16 heavy (non-hydrogen) atoms. The molecule has 0 saturated carbocycles. The maximum atomic E-state index is 11.6. The predicted molar refractivity (Wildman–Crippen MR) is 57.7 cm³/mol. The summed E-state index contributed by atoms with van der Waals surface area (Å²) in [6.07, 6.45) is 0. The summed E-state index contributed by atoms with van der Waals surface area (Å²) in [5, 5.41) is 11.9. The van der Waals surface area contributed by atoms with Crippen molar-refractivity contribution in [1.82, 2.24) is 0 Å². The van der Waals surface area contributed by atoms with Crippen LogP contribution in [0.15, 0.2) is 18.2 Å². The topological polar surface area (TPSA) is 95.9 Å². The standard InChI is InChI=1S/C9H12AsNO5/c1-6(12)11-7-3-4-9(13)8(5-7)10(14,15)16-2/h3-5,13H,1-2H3,(H,11,12)(H,14,15). The number of aromatic hydroxyl groups is 1. The number of amides is 1. The van der Waals surface area contributed by atoms with Gasteiger partial charge in [0.15, 0.2) is 0 Å². The quantitative estimate of drug-likeness (QED) is 0.518. The predicted octanol–water partition coefficient (Wildman–Crippen LogP) is -0.434. The molecule has 1 rings (SSSR count). The second-order valence-electron chi connectivity index (χ2n) is 3.09. The van der Waals surface area contributed by atoms with E-state index >= 15 is 0 Å². The minimum absolute atomic E-state index is 0.188. The van der Waals surface area contributed by atoms with Crippen LogP contribution in [0.1, 0.15) is 6.92 Å². The second kappa shape index (κ2) is 4.74. The van der Waals surface area contributed by atoms with Crippen molar-refractivity contribution in [3.8, 4) is 5.75 Å². The van der Waals surface area contributed by atoms with Crippen LogP contribution in [0.3, 0.4) is 0 Å². The van der Waals surface area contributed by atoms with E-state index in [1.54, 1.807) is 0 Å². The van der Waals surface area contributed by atoms with Gasteiger partial charge in [-0.3, -0.25) is 0 Å². The van der Waals surface area contributed by atoms with Gasteiger partial charge in [-0.2, -0.15) is 0 Å². The Balaban J connectivity index is 3.19. The van der Waals surface area contributed by atoms with Crippen molar-refractivity contribution in [2.45, 2.75) is 6.92 Å². The third kappa shape index (κ3) is 2.88. The number of anilines is 1. The van der Waals surface area contributed by atoms with Crippen LogP contribution in [-0.2, 0) is 12.3 Å². The average molecular weight is 289 g/mol. The molecule has 1 atom stereocenters. The zero-order chi connectivity index (χ0) is 12.3. The van der Waals surface area contributed by atoms with Gasteiger partial charge in [-0.05, 0) is 0 Å². The molecule has 0 aliphatic carbocycles. The number of carbonyl (C=O) groups is 1. The summed E-state index contributed by atoms with van der Waals surface area (Å²) in [6.45, 7) is 1.31. The Hall–Kier alpha value is -1.23. The van der Waals surface area contributed by atoms with Crippen molar-refractivity contribution in [3.05, 3.63) is 18.2 Å². The van der Waals surface area contributed by atoms with E-state index in [2.05, 4.69) is 9.04 Å². The van der Waals surface area contributed by atoms with Crippen LogP contribution < -0.4 is 9.67 Å². The number of rotatable bonds is 3. The zero-order valence-electron chi connectivity index (χ0n) is 8.80. The van der Waals surface area contributed by atoms with Gasteiger partial charge in [0.1, 0.15) is 0 Å². The molecule has 0 saturated heterocycles. The van der Waals surface area contributed by atoms with E-state index in [4.69, 9.17) is 0 Å². The first kappa shape index (κ1) is 12.8. The molecule has 0 fully saturated rings. The molecule has 1 aromatic rings. The number of phenols is 1. The van der Waals surface area contributed by atoms with E-state index in [-0.39, 0.29) is 16.0 Å². The molecule has 0 bridgehead atoms. The van der Waals surface area contributed by atoms with Gasteiger partial charge in [0, 0.05) is 0 Å². The summed E-state index contributed by atoms with van der Waals surface area (Å²) in [6, 6.07) is 3.87. The Morgan fingerprint density at radius 3 is 2.62 bits per heavy atom. The molecular weight excluding hydrogens is 277 g/mol. The monoisotopic (exact) mass is 289 g/mol. The molecule has 1 unspecified atom stereocenters. The van der Waals surface area contributed by atoms with E-state index < -0.39 is 14.2 Å².